The lowest BCUT2D eigenvalue weighted by Gasteiger charge is -2.37. The van der Waals surface area contributed by atoms with Crippen molar-refractivity contribution in [1.82, 2.24) is 0 Å². The van der Waals surface area contributed by atoms with Crippen molar-refractivity contribution < 1.29 is 4.79 Å². The molecule has 2 heterocycles. The Morgan fingerprint density at radius 3 is 2.42 bits per heavy atom. The lowest BCUT2D eigenvalue weighted by molar-refractivity contribution is -0.118. The van der Waals surface area contributed by atoms with Crippen molar-refractivity contribution in [3.05, 3.63) is 83.6 Å². The Morgan fingerprint density at radius 1 is 0.792 bits per heavy atom. The first-order valence-corrected chi connectivity index (χ1v) is 8.48. The van der Waals surface area contributed by atoms with Crippen molar-refractivity contribution in [2.24, 2.45) is 0 Å². The van der Waals surface area contributed by atoms with Gasteiger partial charge in [0.25, 0.3) is 0 Å². The van der Waals surface area contributed by atoms with E-state index in [1.165, 1.54) is 27.5 Å². The molecule has 1 amide bonds. The predicted molar refractivity (Wildman–Crippen MR) is 97.7 cm³/mol. The standard InChI is InChI=1S/C22H17NO/c24-20-14-6-13-19-21(15-7-2-1-3-8-15)17-11-4-9-16-10-5-12-18(22(16)17)23(19)20/h1-5,7-12H,6,13-14H2. The van der Waals surface area contributed by atoms with E-state index in [1.54, 1.807) is 0 Å². The average Bonchev–Trinajstić information content (AvgIpc) is 2.63. The van der Waals surface area contributed by atoms with Crippen molar-refractivity contribution >= 4 is 27.9 Å². The maximum Gasteiger partial charge on any atom is 0.231 e. The van der Waals surface area contributed by atoms with E-state index < -0.39 is 0 Å². The number of allylic oxidation sites excluding steroid dienone is 1. The highest BCUT2D eigenvalue weighted by Crippen LogP contribution is 2.46. The van der Waals surface area contributed by atoms with E-state index in [4.69, 9.17) is 0 Å². The molecule has 0 unspecified atom stereocenters. The third-order valence-corrected chi connectivity index (χ3v) is 5.07. The van der Waals surface area contributed by atoms with E-state index >= 15 is 0 Å². The van der Waals surface area contributed by atoms with Gasteiger partial charge in [0.15, 0.2) is 0 Å². The van der Waals surface area contributed by atoms with Gasteiger partial charge in [0.1, 0.15) is 0 Å². The largest absolute Gasteiger partial charge is 0.284 e. The highest BCUT2D eigenvalue weighted by molar-refractivity contribution is 6.16. The lowest BCUT2D eigenvalue weighted by Crippen LogP contribution is -2.36. The Bertz CT molecular complexity index is 996. The molecule has 0 spiro atoms. The van der Waals surface area contributed by atoms with Gasteiger partial charge in [0, 0.05) is 23.1 Å². The van der Waals surface area contributed by atoms with Gasteiger partial charge in [-0.25, -0.2) is 0 Å². The van der Waals surface area contributed by atoms with Crippen molar-refractivity contribution in [2.45, 2.75) is 19.3 Å². The summed E-state index contributed by atoms with van der Waals surface area (Å²) in [5, 5.41) is 2.38. The third-order valence-electron chi connectivity index (χ3n) is 5.07. The van der Waals surface area contributed by atoms with Crippen molar-refractivity contribution in [3.8, 4) is 0 Å². The number of nitrogens with zero attached hydrogens (tertiary/aromatic N) is 1. The Hall–Kier alpha value is -2.87. The number of carbonyl (C=O) groups is 1. The van der Waals surface area contributed by atoms with E-state index in [-0.39, 0.29) is 5.91 Å². The Kier molecular flexibility index (Phi) is 2.86. The second kappa shape index (κ2) is 5.07. The Morgan fingerprint density at radius 2 is 1.58 bits per heavy atom. The second-order valence-corrected chi connectivity index (χ2v) is 6.45. The number of piperidine rings is 1. The van der Waals surface area contributed by atoms with Crippen molar-refractivity contribution in [1.29, 1.82) is 0 Å². The summed E-state index contributed by atoms with van der Waals surface area (Å²) in [4.78, 5) is 14.7. The molecule has 2 nitrogen and oxygen atoms in total. The summed E-state index contributed by atoms with van der Waals surface area (Å²) in [5.41, 5.74) is 5.85. The van der Waals surface area contributed by atoms with Gasteiger partial charge in [-0.3, -0.25) is 9.69 Å². The molecular formula is C22H17NO. The summed E-state index contributed by atoms with van der Waals surface area (Å²) < 4.78 is 0. The van der Waals surface area contributed by atoms with Crippen LogP contribution >= 0.6 is 0 Å². The summed E-state index contributed by atoms with van der Waals surface area (Å²) in [7, 11) is 0. The van der Waals surface area contributed by atoms with Gasteiger partial charge in [-0.1, -0.05) is 60.7 Å². The van der Waals surface area contributed by atoms with E-state index in [2.05, 4.69) is 60.7 Å². The number of fused-ring (bicyclic) bond motifs is 2. The van der Waals surface area contributed by atoms with Crippen LogP contribution in [0.25, 0.3) is 16.3 Å². The molecule has 0 aromatic heterocycles. The zero-order valence-corrected chi connectivity index (χ0v) is 13.3. The zero-order chi connectivity index (χ0) is 16.1. The fourth-order valence-electron chi connectivity index (χ4n) is 4.10. The summed E-state index contributed by atoms with van der Waals surface area (Å²) >= 11 is 0. The lowest BCUT2D eigenvalue weighted by atomic mass is 9.84. The second-order valence-electron chi connectivity index (χ2n) is 6.45. The van der Waals surface area contributed by atoms with Crippen LogP contribution in [0, 0.1) is 0 Å². The molecule has 116 valence electrons. The van der Waals surface area contributed by atoms with Gasteiger partial charge >= 0.3 is 0 Å². The molecule has 0 bridgehead atoms. The molecule has 0 atom stereocenters. The topological polar surface area (TPSA) is 20.3 Å². The molecule has 3 aromatic rings. The molecule has 2 heteroatoms. The number of hydrogen-bond acceptors (Lipinski definition) is 1. The van der Waals surface area contributed by atoms with Crippen LogP contribution in [0.15, 0.2) is 72.4 Å². The minimum Gasteiger partial charge on any atom is -0.284 e. The maximum absolute atomic E-state index is 12.7. The highest BCUT2D eigenvalue weighted by atomic mass is 16.2. The number of rotatable bonds is 1. The minimum atomic E-state index is 0.215. The SMILES string of the molecule is O=C1CCCC2=C(c3ccccc3)c3cccc4cccc(c34)N12. The molecular weight excluding hydrogens is 294 g/mol. The minimum absolute atomic E-state index is 0.215. The van der Waals surface area contributed by atoms with E-state index in [9.17, 15) is 4.79 Å². The Balaban J connectivity index is 1.92. The predicted octanol–water partition coefficient (Wildman–Crippen LogP) is 5.13. The first-order valence-electron chi connectivity index (χ1n) is 8.48. The smallest absolute Gasteiger partial charge is 0.231 e. The number of carbonyl (C=O) groups excluding carboxylic acids is 1. The van der Waals surface area contributed by atoms with Crippen LogP contribution in [0.1, 0.15) is 30.4 Å². The molecule has 3 aromatic carbocycles. The molecule has 0 radical (unpaired) electrons. The summed E-state index contributed by atoms with van der Waals surface area (Å²) in [6.45, 7) is 0. The zero-order valence-electron chi connectivity index (χ0n) is 13.3. The van der Waals surface area contributed by atoms with Gasteiger partial charge < -0.3 is 0 Å². The van der Waals surface area contributed by atoms with Gasteiger partial charge in [-0.05, 0) is 35.4 Å². The number of anilines is 1. The first kappa shape index (κ1) is 13.6. The van der Waals surface area contributed by atoms with Gasteiger partial charge in [0.2, 0.25) is 5.91 Å². The van der Waals surface area contributed by atoms with Crippen LogP contribution in [0.4, 0.5) is 5.69 Å². The first-order chi connectivity index (χ1) is 11.8. The summed E-state index contributed by atoms with van der Waals surface area (Å²) in [6.07, 6.45) is 2.50. The number of benzene rings is 3. The van der Waals surface area contributed by atoms with E-state index in [0.717, 1.165) is 24.2 Å². The van der Waals surface area contributed by atoms with Gasteiger partial charge in [0.05, 0.1) is 5.69 Å². The monoisotopic (exact) mass is 311 g/mol. The summed E-state index contributed by atoms with van der Waals surface area (Å²) in [6, 6.07) is 23.2. The normalized spacial score (nSPS) is 16.5. The highest BCUT2D eigenvalue weighted by Gasteiger charge is 2.33. The molecule has 1 saturated heterocycles. The van der Waals surface area contributed by atoms with E-state index in [0.29, 0.717) is 6.42 Å². The van der Waals surface area contributed by atoms with Crippen molar-refractivity contribution in [3.63, 3.8) is 0 Å². The number of amides is 1. The fourth-order valence-corrected chi connectivity index (χ4v) is 4.10. The molecule has 0 aliphatic carbocycles. The molecule has 5 rings (SSSR count). The van der Waals surface area contributed by atoms with Crippen LogP contribution < -0.4 is 4.90 Å². The molecule has 2 aliphatic heterocycles. The number of hydrogen-bond donors (Lipinski definition) is 0. The summed E-state index contributed by atoms with van der Waals surface area (Å²) in [5.74, 6) is 0.215. The maximum atomic E-state index is 12.7. The molecule has 2 aliphatic rings. The van der Waals surface area contributed by atoms with Crippen LogP contribution in [0.5, 0.6) is 0 Å². The molecule has 0 saturated carbocycles. The molecule has 0 N–H and O–H groups in total. The Labute approximate surface area is 141 Å². The van der Waals surface area contributed by atoms with Crippen molar-refractivity contribution in [2.75, 3.05) is 4.90 Å². The molecule has 1 fully saturated rings. The quantitative estimate of drug-likeness (QED) is 0.610. The van der Waals surface area contributed by atoms with Crippen LogP contribution in [-0.4, -0.2) is 5.91 Å². The fraction of sp³-hybridized carbons (Fsp3) is 0.136. The van der Waals surface area contributed by atoms with E-state index in [1.807, 2.05) is 11.0 Å². The third kappa shape index (κ3) is 1.80. The van der Waals surface area contributed by atoms with Crippen LogP contribution in [0.2, 0.25) is 0 Å². The molecule has 24 heavy (non-hydrogen) atoms. The van der Waals surface area contributed by atoms with Crippen LogP contribution in [-0.2, 0) is 4.79 Å². The van der Waals surface area contributed by atoms with Gasteiger partial charge in [-0.2, -0.15) is 0 Å². The van der Waals surface area contributed by atoms with Gasteiger partial charge in [-0.15, -0.1) is 0 Å². The average molecular weight is 311 g/mol. The van der Waals surface area contributed by atoms with Crippen LogP contribution in [0.3, 0.4) is 0 Å².